The molecule has 2 amide bonds. The zero-order chi connectivity index (χ0) is 21.3. The zero-order valence-electron chi connectivity index (χ0n) is 17.5. The largest absolute Gasteiger partial charge is 0.348 e. The Morgan fingerprint density at radius 1 is 1.10 bits per heavy atom. The lowest BCUT2D eigenvalue weighted by atomic mass is 10.0. The van der Waals surface area contributed by atoms with Crippen LogP contribution in [0.1, 0.15) is 16.1 Å². The molecule has 3 aromatic rings. The number of amides is 2. The van der Waals surface area contributed by atoms with E-state index in [-0.39, 0.29) is 11.8 Å². The number of rotatable bonds is 4. The number of likely N-dealkylation sites (N-methyl/N-ethyl adjacent to an activating group) is 1. The molecule has 0 bridgehead atoms. The van der Waals surface area contributed by atoms with Gasteiger partial charge in [-0.15, -0.1) is 0 Å². The first-order chi connectivity index (χ1) is 14.4. The zero-order valence-corrected chi connectivity index (χ0v) is 17.5. The summed E-state index contributed by atoms with van der Waals surface area (Å²) in [6.07, 6.45) is 0. The summed E-state index contributed by atoms with van der Waals surface area (Å²) in [5.74, 6) is 0.00249. The summed E-state index contributed by atoms with van der Waals surface area (Å²) in [7, 11) is 3.50. The van der Waals surface area contributed by atoms with Crippen LogP contribution < -0.4 is 0 Å². The minimum atomic E-state index is -0.0653. The minimum Gasteiger partial charge on any atom is -0.348 e. The van der Waals surface area contributed by atoms with Crippen molar-refractivity contribution < 1.29 is 14.1 Å². The molecule has 8 heteroatoms. The standard InChI is InChI=1S/C22H25N5O3/c1-15-20-17(13-18(23-21(20)30-24-15)16-7-5-4-6-8-16)22(29)27-11-9-26(10-12-27)14-19(28)25(2)3/h4-8,13H,9-12,14H2,1-3H3. The van der Waals surface area contributed by atoms with Crippen molar-refractivity contribution in [2.45, 2.75) is 6.92 Å². The number of aromatic nitrogens is 2. The lowest BCUT2D eigenvalue weighted by Crippen LogP contribution is -2.51. The molecule has 1 aromatic carbocycles. The Labute approximate surface area is 175 Å². The molecule has 0 spiro atoms. The van der Waals surface area contributed by atoms with Crippen LogP contribution in [0.3, 0.4) is 0 Å². The number of carbonyl (C=O) groups excluding carboxylic acids is 2. The summed E-state index contributed by atoms with van der Waals surface area (Å²) >= 11 is 0. The highest BCUT2D eigenvalue weighted by Gasteiger charge is 2.27. The lowest BCUT2D eigenvalue weighted by Gasteiger charge is -2.34. The number of carbonyl (C=O) groups is 2. The van der Waals surface area contributed by atoms with Gasteiger partial charge in [-0.2, -0.15) is 0 Å². The van der Waals surface area contributed by atoms with Gasteiger partial charge in [-0.3, -0.25) is 14.5 Å². The molecule has 30 heavy (non-hydrogen) atoms. The number of nitrogens with zero attached hydrogens (tertiary/aromatic N) is 5. The van der Waals surface area contributed by atoms with Crippen molar-refractivity contribution >= 4 is 22.9 Å². The van der Waals surface area contributed by atoms with Gasteiger partial charge in [-0.25, -0.2) is 4.98 Å². The van der Waals surface area contributed by atoms with Crippen LogP contribution in [0.15, 0.2) is 40.9 Å². The van der Waals surface area contributed by atoms with Gasteiger partial charge in [0.15, 0.2) is 0 Å². The predicted molar refractivity (Wildman–Crippen MR) is 113 cm³/mol. The Hall–Kier alpha value is -3.26. The molecule has 1 saturated heterocycles. The molecule has 1 fully saturated rings. The molecule has 1 aliphatic heterocycles. The van der Waals surface area contributed by atoms with Gasteiger partial charge in [-0.05, 0) is 13.0 Å². The van der Waals surface area contributed by atoms with E-state index < -0.39 is 0 Å². The summed E-state index contributed by atoms with van der Waals surface area (Å²) in [5.41, 5.74) is 3.16. The first-order valence-corrected chi connectivity index (χ1v) is 9.98. The normalized spacial score (nSPS) is 14.8. The average molecular weight is 407 g/mol. The van der Waals surface area contributed by atoms with Gasteiger partial charge in [0.2, 0.25) is 5.91 Å². The highest BCUT2D eigenvalue weighted by Crippen LogP contribution is 2.28. The Bertz CT molecular complexity index is 1070. The van der Waals surface area contributed by atoms with Crippen LogP contribution in [-0.4, -0.2) is 83.5 Å². The molecule has 0 N–H and O–H groups in total. The van der Waals surface area contributed by atoms with E-state index in [4.69, 9.17) is 4.52 Å². The second-order valence-electron chi connectivity index (χ2n) is 7.73. The maximum absolute atomic E-state index is 13.4. The van der Waals surface area contributed by atoms with Crippen LogP contribution in [0.5, 0.6) is 0 Å². The number of benzene rings is 1. The topological polar surface area (TPSA) is 82.8 Å². The Morgan fingerprint density at radius 3 is 2.47 bits per heavy atom. The van der Waals surface area contributed by atoms with Gasteiger partial charge in [0, 0.05) is 45.8 Å². The second-order valence-corrected chi connectivity index (χ2v) is 7.73. The van der Waals surface area contributed by atoms with Gasteiger partial charge >= 0.3 is 0 Å². The molecule has 1 aliphatic rings. The van der Waals surface area contributed by atoms with E-state index in [1.807, 2.05) is 48.2 Å². The molecule has 2 aromatic heterocycles. The molecular formula is C22H25N5O3. The quantitative estimate of drug-likeness (QED) is 0.658. The van der Waals surface area contributed by atoms with Gasteiger partial charge < -0.3 is 14.3 Å². The van der Waals surface area contributed by atoms with Crippen molar-refractivity contribution in [1.82, 2.24) is 24.8 Å². The fourth-order valence-corrected chi connectivity index (χ4v) is 3.63. The Balaban J connectivity index is 1.59. The molecule has 156 valence electrons. The molecular weight excluding hydrogens is 382 g/mol. The maximum atomic E-state index is 13.4. The van der Waals surface area contributed by atoms with E-state index in [1.54, 1.807) is 19.0 Å². The fourth-order valence-electron chi connectivity index (χ4n) is 3.63. The van der Waals surface area contributed by atoms with E-state index in [0.29, 0.717) is 60.8 Å². The summed E-state index contributed by atoms with van der Waals surface area (Å²) in [6, 6.07) is 11.5. The van der Waals surface area contributed by atoms with E-state index >= 15 is 0 Å². The molecule has 0 radical (unpaired) electrons. The highest BCUT2D eigenvalue weighted by atomic mass is 16.5. The molecule has 0 atom stereocenters. The maximum Gasteiger partial charge on any atom is 0.259 e. The van der Waals surface area contributed by atoms with E-state index in [2.05, 4.69) is 15.0 Å². The fraction of sp³-hybridized carbons (Fsp3) is 0.364. The molecule has 3 heterocycles. The number of hydrogen-bond donors (Lipinski definition) is 0. The van der Waals surface area contributed by atoms with Crippen molar-refractivity contribution in [1.29, 1.82) is 0 Å². The van der Waals surface area contributed by atoms with Crippen molar-refractivity contribution in [3.05, 3.63) is 47.7 Å². The van der Waals surface area contributed by atoms with Gasteiger partial charge in [-0.1, -0.05) is 35.5 Å². The SMILES string of the molecule is Cc1noc2nc(-c3ccccc3)cc(C(=O)N3CCN(CC(=O)N(C)C)CC3)c12. The molecule has 0 aliphatic carbocycles. The molecule has 0 saturated carbocycles. The number of piperazine rings is 1. The summed E-state index contributed by atoms with van der Waals surface area (Å²) < 4.78 is 5.39. The monoisotopic (exact) mass is 407 g/mol. The summed E-state index contributed by atoms with van der Waals surface area (Å²) in [5, 5.41) is 4.68. The van der Waals surface area contributed by atoms with Crippen molar-refractivity contribution in [2.24, 2.45) is 0 Å². The second kappa shape index (κ2) is 8.23. The van der Waals surface area contributed by atoms with Crippen LogP contribution in [0.25, 0.3) is 22.4 Å². The van der Waals surface area contributed by atoms with Crippen molar-refractivity contribution in [2.75, 3.05) is 46.8 Å². The first kappa shape index (κ1) is 20.0. The summed E-state index contributed by atoms with van der Waals surface area (Å²) in [6.45, 7) is 4.64. The van der Waals surface area contributed by atoms with Crippen LogP contribution in [0.4, 0.5) is 0 Å². The van der Waals surface area contributed by atoms with Crippen LogP contribution in [-0.2, 0) is 4.79 Å². The van der Waals surface area contributed by atoms with Crippen LogP contribution in [0, 0.1) is 6.92 Å². The van der Waals surface area contributed by atoms with E-state index in [1.165, 1.54) is 0 Å². The number of hydrogen-bond acceptors (Lipinski definition) is 6. The van der Waals surface area contributed by atoms with Crippen LogP contribution in [0.2, 0.25) is 0 Å². The van der Waals surface area contributed by atoms with Gasteiger partial charge in [0.05, 0.1) is 28.9 Å². The first-order valence-electron chi connectivity index (χ1n) is 9.98. The molecule has 0 unspecified atom stereocenters. The van der Waals surface area contributed by atoms with Crippen molar-refractivity contribution in [3.8, 4) is 11.3 Å². The average Bonchev–Trinajstić information content (AvgIpc) is 3.14. The predicted octanol–water partition coefficient (Wildman–Crippen LogP) is 2.04. The van der Waals surface area contributed by atoms with Gasteiger partial charge in [0.1, 0.15) is 0 Å². The smallest absolute Gasteiger partial charge is 0.259 e. The van der Waals surface area contributed by atoms with E-state index in [9.17, 15) is 9.59 Å². The van der Waals surface area contributed by atoms with Gasteiger partial charge in [0.25, 0.3) is 11.6 Å². The van der Waals surface area contributed by atoms with Crippen molar-refractivity contribution in [3.63, 3.8) is 0 Å². The highest BCUT2D eigenvalue weighted by molar-refractivity contribution is 6.07. The third-order valence-electron chi connectivity index (χ3n) is 5.43. The summed E-state index contributed by atoms with van der Waals surface area (Å²) in [4.78, 5) is 35.4. The Kier molecular flexibility index (Phi) is 5.50. The third-order valence-corrected chi connectivity index (χ3v) is 5.43. The molecule has 8 nitrogen and oxygen atoms in total. The van der Waals surface area contributed by atoms with Crippen LogP contribution >= 0.6 is 0 Å². The third kappa shape index (κ3) is 3.91. The Morgan fingerprint density at radius 2 is 1.80 bits per heavy atom. The number of pyridine rings is 1. The number of fused-ring (bicyclic) bond motifs is 1. The molecule has 4 rings (SSSR count). The van der Waals surface area contributed by atoms with E-state index in [0.717, 1.165) is 5.56 Å². The number of aryl methyl sites for hydroxylation is 1. The minimum absolute atomic E-state index is 0.0653. The lowest BCUT2D eigenvalue weighted by molar-refractivity contribution is -0.130.